The van der Waals surface area contributed by atoms with Crippen LogP contribution in [0.25, 0.3) is 0 Å². The van der Waals surface area contributed by atoms with E-state index < -0.39 is 5.91 Å². The summed E-state index contributed by atoms with van der Waals surface area (Å²) in [5, 5.41) is 2.49. The molecule has 1 aliphatic heterocycles. The number of piperidine rings is 1. The highest BCUT2D eigenvalue weighted by molar-refractivity contribution is 6.04. The van der Waals surface area contributed by atoms with Crippen molar-refractivity contribution in [2.24, 2.45) is 0 Å². The number of ether oxygens (including phenoxy) is 1. The summed E-state index contributed by atoms with van der Waals surface area (Å²) in [7, 11) is 1.56. The van der Waals surface area contributed by atoms with E-state index in [9.17, 15) is 9.59 Å². The normalized spacial score (nSPS) is 17.0. The number of benzene rings is 1. The molecule has 0 spiro atoms. The van der Waals surface area contributed by atoms with Crippen LogP contribution in [0.4, 0.5) is 4.79 Å². The Labute approximate surface area is 146 Å². The van der Waals surface area contributed by atoms with E-state index in [0.29, 0.717) is 17.9 Å². The molecule has 0 aliphatic carbocycles. The fourth-order valence-corrected chi connectivity index (χ4v) is 3.08. The zero-order chi connectivity index (χ0) is 17.6. The second-order valence-corrected chi connectivity index (χ2v) is 5.98. The molecule has 1 aromatic heterocycles. The first-order valence-corrected chi connectivity index (χ1v) is 8.35. The van der Waals surface area contributed by atoms with Gasteiger partial charge in [-0.15, -0.1) is 0 Å². The van der Waals surface area contributed by atoms with E-state index in [2.05, 4.69) is 10.3 Å². The summed E-state index contributed by atoms with van der Waals surface area (Å²) in [6.45, 7) is 0.626. The third-order valence-electron chi connectivity index (χ3n) is 4.41. The number of aromatic nitrogens is 1. The summed E-state index contributed by atoms with van der Waals surface area (Å²) in [5.41, 5.74) is 1.42. The Balaban J connectivity index is 1.70. The predicted octanol–water partition coefficient (Wildman–Crippen LogP) is 3.17. The highest BCUT2D eigenvalue weighted by Crippen LogP contribution is 2.30. The van der Waals surface area contributed by atoms with E-state index in [4.69, 9.17) is 4.74 Å². The number of amides is 3. The maximum Gasteiger partial charge on any atom is 0.324 e. The number of rotatable bonds is 3. The van der Waals surface area contributed by atoms with Crippen molar-refractivity contribution in [3.63, 3.8) is 0 Å². The van der Waals surface area contributed by atoms with Crippen molar-refractivity contribution in [1.82, 2.24) is 15.2 Å². The number of imide groups is 1. The molecule has 2 aromatic rings. The number of urea groups is 1. The molecule has 6 heteroatoms. The quantitative estimate of drug-likeness (QED) is 0.932. The first kappa shape index (κ1) is 17.0. The van der Waals surface area contributed by atoms with E-state index in [1.165, 1.54) is 0 Å². The van der Waals surface area contributed by atoms with Crippen LogP contribution in [0.1, 0.15) is 41.2 Å². The molecular weight excluding hydrogens is 318 g/mol. The van der Waals surface area contributed by atoms with Crippen molar-refractivity contribution < 1.29 is 14.3 Å². The van der Waals surface area contributed by atoms with Gasteiger partial charge in [0.25, 0.3) is 5.91 Å². The second-order valence-electron chi connectivity index (χ2n) is 5.98. The second kappa shape index (κ2) is 7.79. The Kier molecular flexibility index (Phi) is 5.28. The summed E-state index contributed by atoms with van der Waals surface area (Å²) in [6.07, 6.45) is 6.35. The van der Waals surface area contributed by atoms with Crippen molar-refractivity contribution in [2.45, 2.75) is 25.3 Å². The van der Waals surface area contributed by atoms with Gasteiger partial charge in [-0.25, -0.2) is 4.79 Å². The van der Waals surface area contributed by atoms with E-state index in [1.54, 1.807) is 48.7 Å². The summed E-state index contributed by atoms with van der Waals surface area (Å²) in [5.74, 6) is 0.249. The molecule has 1 N–H and O–H groups in total. The zero-order valence-electron chi connectivity index (χ0n) is 14.1. The Morgan fingerprint density at radius 2 is 2.00 bits per heavy atom. The number of nitrogens with zero attached hydrogens (tertiary/aromatic N) is 2. The molecule has 0 radical (unpaired) electrons. The monoisotopic (exact) mass is 339 g/mol. The first-order valence-electron chi connectivity index (χ1n) is 8.35. The number of carbonyl (C=O) groups is 2. The molecule has 1 aromatic carbocycles. The SMILES string of the molecule is COc1ccc(C(=O)NC(=O)N2CCCCC2c2cccnc2)cc1. The minimum Gasteiger partial charge on any atom is -0.497 e. The molecule has 1 aliphatic rings. The first-order chi connectivity index (χ1) is 12.2. The molecule has 1 saturated heterocycles. The van der Waals surface area contributed by atoms with E-state index in [-0.39, 0.29) is 12.1 Å². The lowest BCUT2D eigenvalue weighted by molar-refractivity contribution is 0.0934. The van der Waals surface area contributed by atoms with Gasteiger partial charge in [-0.05, 0) is 55.2 Å². The van der Waals surface area contributed by atoms with Crippen LogP contribution in [0.3, 0.4) is 0 Å². The van der Waals surface area contributed by atoms with Gasteiger partial charge in [0.1, 0.15) is 5.75 Å². The minimum atomic E-state index is -0.414. The number of hydrogen-bond donors (Lipinski definition) is 1. The topological polar surface area (TPSA) is 71.5 Å². The summed E-state index contributed by atoms with van der Waals surface area (Å²) in [6, 6.07) is 10.1. The fourth-order valence-electron chi connectivity index (χ4n) is 3.08. The Morgan fingerprint density at radius 3 is 2.68 bits per heavy atom. The third kappa shape index (κ3) is 3.96. The lowest BCUT2D eigenvalue weighted by atomic mass is 9.97. The standard InChI is InChI=1S/C19H21N3O3/c1-25-16-9-7-14(8-10-16)18(23)21-19(24)22-12-3-2-6-17(22)15-5-4-11-20-13-15/h4-5,7-11,13,17H,2-3,6,12H2,1H3,(H,21,23,24). The average molecular weight is 339 g/mol. The predicted molar refractivity (Wildman–Crippen MR) is 93.4 cm³/mol. The van der Waals surface area contributed by atoms with Crippen LogP contribution in [0.5, 0.6) is 5.75 Å². The van der Waals surface area contributed by atoms with Crippen molar-refractivity contribution >= 4 is 11.9 Å². The summed E-state index contributed by atoms with van der Waals surface area (Å²) in [4.78, 5) is 30.8. The minimum absolute atomic E-state index is 0.0499. The lowest BCUT2D eigenvalue weighted by Gasteiger charge is -2.35. The lowest BCUT2D eigenvalue weighted by Crippen LogP contribution is -2.46. The van der Waals surface area contributed by atoms with Crippen LogP contribution >= 0.6 is 0 Å². The number of likely N-dealkylation sites (tertiary alicyclic amines) is 1. The van der Waals surface area contributed by atoms with Gasteiger partial charge < -0.3 is 9.64 Å². The molecule has 1 atom stereocenters. The van der Waals surface area contributed by atoms with Crippen molar-refractivity contribution in [3.8, 4) is 5.75 Å². The van der Waals surface area contributed by atoms with Crippen LogP contribution in [-0.4, -0.2) is 35.5 Å². The number of methoxy groups -OCH3 is 1. The van der Waals surface area contributed by atoms with Crippen molar-refractivity contribution in [3.05, 3.63) is 59.9 Å². The Hall–Kier alpha value is -2.89. The Bertz CT molecular complexity index is 731. The van der Waals surface area contributed by atoms with E-state index >= 15 is 0 Å². The molecule has 3 rings (SSSR count). The van der Waals surface area contributed by atoms with Gasteiger partial charge in [0.2, 0.25) is 0 Å². The van der Waals surface area contributed by atoms with Crippen LogP contribution in [-0.2, 0) is 0 Å². The number of carbonyl (C=O) groups excluding carboxylic acids is 2. The smallest absolute Gasteiger partial charge is 0.324 e. The summed E-state index contributed by atoms with van der Waals surface area (Å²) >= 11 is 0. The van der Waals surface area contributed by atoms with Gasteiger partial charge in [0.05, 0.1) is 13.2 Å². The maximum atomic E-state index is 12.6. The van der Waals surface area contributed by atoms with Crippen LogP contribution < -0.4 is 10.1 Å². The number of nitrogens with one attached hydrogen (secondary N) is 1. The molecule has 25 heavy (non-hydrogen) atoms. The molecule has 3 amide bonds. The van der Waals surface area contributed by atoms with E-state index in [1.807, 2.05) is 12.1 Å². The molecule has 1 fully saturated rings. The fraction of sp³-hybridized carbons (Fsp3) is 0.316. The van der Waals surface area contributed by atoms with Crippen molar-refractivity contribution in [1.29, 1.82) is 0 Å². The highest BCUT2D eigenvalue weighted by atomic mass is 16.5. The van der Waals surface area contributed by atoms with Crippen molar-refractivity contribution in [2.75, 3.05) is 13.7 Å². The maximum absolute atomic E-state index is 12.6. The van der Waals surface area contributed by atoms with Gasteiger partial charge >= 0.3 is 6.03 Å². The third-order valence-corrected chi connectivity index (χ3v) is 4.41. The van der Waals surface area contributed by atoms with Crippen LogP contribution in [0.15, 0.2) is 48.8 Å². The molecular formula is C19H21N3O3. The molecule has 0 bridgehead atoms. The average Bonchev–Trinajstić information content (AvgIpc) is 2.68. The van der Waals surface area contributed by atoms with Crippen LogP contribution in [0, 0.1) is 0 Å². The molecule has 2 heterocycles. The van der Waals surface area contributed by atoms with Gasteiger partial charge in [0, 0.05) is 24.5 Å². The van der Waals surface area contributed by atoms with Crippen LogP contribution in [0.2, 0.25) is 0 Å². The van der Waals surface area contributed by atoms with Gasteiger partial charge in [0.15, 0.2) is 0 Å². The summed E-state index contributed by atoms with van der Waals surface area (Å²) < 4.78 is 5.08. The zero-order valence-corrected chi connectivity index (χ0v) is 14.1. The molecule has 130 valence electrons. The largest absolute Gasteiger partial charge is 0.497 e. The van der Waals surface area contributed by atoms with Gasteiger partial charge in [-0.2, -0.15) is 0 Å². The molecule has 6 nitrogen and oxygen atoms in total. The molecule has 1 unspecified atom stereocenters. The Morgan fingerprint density at radius 1 is 1.20 bits per heavy atom. The number of pyridine rings is 1. The number of hydrogen-bond acceptors (Lipinski definition) is 4. The van der Waals surface area contributed by atoms with Gasteiger partial charge in [-0.1, -0.05) is 6.07 Å². The van der Waals surface area contributed by atoms with E-state index in [0.717, 1.165) is 24.8 Å². The highest BCUT2D eigenvalue weighted by Gasteiger charge is 2.29. The molecule has 0 saturated carbocycles. The van der Waals surface area contributed by atoms with Gasteiger partial charge in [-0.3, -0.25) is 15.1 Å².